The summed E-state index contributed by atoms with van der Waals surface area (Å²) in [6.45, 7) is 5.89. The summed E-state index contributed by atoms with van der Waals surface area (Å²) in [6, 6.07) is 4.04. The van der Waals surface area contributed by atoms with E-state index in [-0.39, 0.29) is 0 Å². The first kappa shape index (κ1) is 13.6. The molecule has 0 saturated carbocycles. The Balaban J connectivity index is 1.92. The van der Waals surface area contributed by atoms with Crippen LogP contribution in [0.15, 0.2) is 30.7 Å². The number of hydrogen-bond donors (Lipinski definition) is 0. The van der Waals surface area contributed by atoms with Gasteiger partial charge >= 0.3 is 0 Å². The van der Waals surface area contributed by atoms with E-state index in [1.54, 1.807) is 6.20 Å². The Morgan fingerprint density at radius 3 is 2.81 bits per heavy atom. The highest BCUT2D eigenvalue weighted by Crippen LogP contribution is 2.18. The standard InChI is InChI=1S/C15H20N6/c1-4-13-8-15(21-14(18-13)6-7-16-21)19(3)10-12-9-17-20(5-2)11-12/h6-9,11H,4-5,10H2,1-3H3. The van der Waals surface area contributed by atoms with Gasteiger partial charge in [0.15, 0.2) is 5.65 Å². The van der Waals surface area contributed by atoms with Crippen LogP contribution in [0.4, 0.5) is 5.82 Å². The van der Waals surface area contributed by atoms with Gasteiger partial charge in [-0.2, -0.15) is 14.7 Å². The molecule has 0 unspecified atom stereocenters. The molecule has 0 aliphatic carbocycles. The molecule has 3 heterocycles. The molecule has 0 spiro atoms. The van der Waals surface area contributed by atoms with Crippen LogP contribution in [-0.4, -0.2) is 31.4 Å². The second kappa shape index (κ2) is 5.55. The van der Waals surface area contributed by atoms with Crippen LogP contribution in [0, 0.1) is 0 Å². The minimum atomic E-state index is 0.794. The van der Waals surface area contributed by atoms with Crippen molar-refractivity contribution in [1.29, 1.82) is 0 Å². The summed E-state index contributed by atoms with van der Waals surface area (Å²) in [6.07, 6.45) is 6.70. The van der Waals surface area contributed by atoms with Gasteiger partial charge in [-0.15, -0.1) is 0 Å². The second-order valence-electron chi connectivity index (χ2n) is 5.12. The number of hydrogen-bond acceptors (Lipinski definition) is 4. The quantitative estimate of drug-likeness (QED) is 0.720. The van der Waals surface area contributed by atoms with Gasteiger partial charge in [-0.3, -0.25) is 4.68 Å². The van der Waals surface area contributed by atoms with Crippen LogP contribution in [0.3, 0.4) is 0 Å². The minimum Gasteiger partial charge on any atom is -0.355 e. The molecule has 0 atom stereocenters. The molecular formula is C15H20N6. The Hall–Kier alpha value is -2.37. The molecule has 0 N–H and O–H groups in total. The van der Waals surface area contributed by atoms with Crippen LogP contribution in [0.1, 0.15) is 25.1 Å². The molecule has 6 nitrogen and oxygen atoms in total. The van der Waals surface area contributed by atoms with Crippen LogP contribution in [-0.2, 0) is 19.5 Å². The van der Waals surface area contributed by atoms with Crippen LogP contribution in [0.25, 0.3) is 5.65 Å². The Morgan fingerprint density at radius 1 is 1.24 bits per heavy atom. The lowest BCUT2D eigenvalue weighted by Gasteiger charge is -2.20. The van der Waals surface area contributed by atoms with Crippen LogP contribution in [0.5, 0.6) is 0 Å². The van der Waals surface area contributed by atoms with E-state index in [0.29, 0.717) is 0 Å². The van der Waals surface area contributed by atoms with Crippen molar-refractivity contribution in [2.75, 3.05) is 11.9 Å². The number of fused-ring (bicyclic) bond motifs is 1. The summed E-state index contributed by atoms with van der Waals surface area (Å²) in [5.41, 5.74) is 3.16. The van der Waals surface area contributed by atoms with Crippen LogP contribution >= 0.6 is 0 Å². The van der Waals surface area contributed by atoms with Gasteiger partial charge < -0.3 is 4.90 Å². The molecule has 0 bridgehead atoms. The van der Waals surface area contributed by atoms with Crippen molar-refractivity contribution >= 4 is 11.5 Å². The number of aromatic nitrogens is 5. The normalized spacial score (nSPS) is 11.2. The van der Waals surface area contributed by atoms with Crippen LogP contribution < -0.4 is 4.90 Å². The average Bonchev–Trinajstić information content (AvgIpc) is 3.14. The van der Waals surface area contributed by atoms with Crippen molar-refractivity contribution in [1.82, 2.24) is 24.4 Å². The molecular weight excluding hydrogens is 264 g/mol. The van der Waals surface area contributed by atoms with Crippen molar-refractivity contribution in [3.8, 4) is 0 Å². The highest BCUT2D eigenvalue weighted by atomic mass is 15.3. The zero-order valence-corrected chi connectivity index (χ0v) is 12.7. The topological polar surface area (TPSA) is 51.2 Å². The monoisotopic (exact) mass is 284 g/mol. The van der Waals surface area contributed by atoms with E-state index in [1.807, 2.05) is 21.5 Å². The molecule has 3 aromatic rings. The predicted octanol–water partition coefficient (Wildman–Crippen LogP) is 2.14. The summed E-state index contributed by atoms with van der Waals surface area (Å²) >= 11 is 0. The summed E-state index contributed by atoms with van der Waals surface area (Å²) in [4.78, 5) is 6.76. The Morgan fingerprint density at radius 2 is 2.10 bits per heavy atom. The third-order valence-corrected chi connectivity index (χ3v) is 3.58. The van der Waals surface area contributed by atoms with E-state index < -0.39 is 0 Å². The molecule has 6 heteroatoms. The fraction of sp³-hybridized carbons (Fsp3) is 0.400. The lowest BCUT2D eigenvalue weighted by Crippen LogP contribution is -2.20. The largest absolute Gasteiger partial charge is 0.355 e. The molecule has 0 aliphatic heterocycles. The first-order valence-corrected chi connectivity index (χ1v) is 7.27. The summed E-state index contributed by atoms with van der Waals surface area (Å²) in [5, 5.41) is 8.69. The molecule has 3 rings (SSSR count). The van der Waals surface area contributed by atoms with Gasteiger partial charge in [-0.1, -0.05) is 6.92 Å². The van der Waals surface area contributed by atoms with Gasteiger partial charge in [0.1, 0.15) is 5.82 Å². The van der Waals surface area contributed by atoms with Gasteiger partial charge in [0.25, 0.3) is 0 Å². The lowest BCUT2D eigenvalue weighted by molar-refractivity contribution is 0.659. The van der Waals surface area contributed by atoms with Crippen molar-refractivity contribution < 1.29 is 0 Å². The van der Waals surface area contributed by atoms with Crippen molar-refractivity contribution in [3.05, 3.63) is 42.0 Å². The van der Waals surface area contributed by atoms with E-state index in [4.69, 9.17) is 0 Å². The summed E-state index contributed by atoms with van der Waals surface area (Å²) in [5.74, 6) is 1.05. The van der Waals surface area contributed by atoms with Gasteiger partial charge in [0.2, 0.25) is 0 Å². The van der Waals surface area contributed by atoms with Gasteiger partial charge in [-0.05, 0) is 13.3 Å². The molecule has 110 valence electrons. The zero-order valence-electron chi connectivity index (χ0n) is 12.7. The average molecular weight is 284 g/mol. The highest BCUT2D eigenvalue weighted by Gasteiger charge is 2.11. The third kappa shape index (κ3) is 2.61. The van der Waals surface area contributed by atoms with Crippen molar-refractivity contribution in [3.63, 3.8) is 0 Å². The first-order valence-electron chi connectivity index (χ1n) is 7.27. The molecule has 0 radical (unpaired) electrons. The first-order chi connectivity index (χ1) is 10.2. The Kier molecular flexibility index (Phi) is 3.60. The summed E-state index contributed by atoms with van der Waals surface area (Å²) < 4.78 is 3.82. The Labute approximate surface area is 124 Å². The maximum atomic E-state index is 4.58. The van der Waals surface area contributed by atoms with Gasteiger partial charge in [0.05, 0.1) is 12.4 Å². The molecule has 0 aliphatic rings. The van der Waals surface area contributed by atoms with Crippen LogP contribution in [0.2, 0.25) is 0 Å². The molecule has 3 aromatic heterocycles. The number of rotatable bonds is 5. The molecule has 0 aromatic carbocycles. The van der Waals surface area contributed by atoms with E-state index in [1.165, 1.54) is 5.56 Å². The smallest absolute Gasteiger partial charge is 0.157 e. The number of nitrogens with zero attached hydrogens (tertiary/aromatic N) is 6. The fourth-order valence-electron chi connectivity index (χ4n) is 2.42. The van der Waals surface area contributed by atoms with E-state index in [0.717, 1.165) is 36.7 Å². The minimum absolute atomic E-state index is 0.794. The van der Waals surface area contributed by atoms with E-state index in [2.05, 4.69) is 53.2 Å². The van der Waals surface area contributed by atoms with E-state index in [9.17, 15) is 0 Å². The predicted molar refractivity (Wildman–Crippen MR) is 82.4 cm³/mol. The maximum absolute atomic E-state index is 4.58. The third-order valence-electron chi connectivity index (χ3n) is 3.58. The molecule has 0 saturated heterocycles. The number of anilines is 1. The van der Waals surface area contributed by atoms with Crippen molar-refractivity contribution in [2.24, 2.45) is 0 Å². The molecule has 0 amide bonds. The summed E-state index contributed by atoms with van der Waals surface area (Å²) in [7, 11) is 2.07. The second-order valence-corrected chi connectivity index (χ2v) is 5.12. The Bertz CT molecular complexity index is 742. The van der Waals surface area contributed by atoms with Gasteiger partial charge in [0, 0.05) is 49.7 Å². The fourth-order valence-corrected chi connectivity index (χ4v) is 2.42. The van der Waals surface area contributed by atoms with E-state index >= 15 is 0 Å². The van der Waals surface area contributed by atoms with Crippen molar-refractivity contribution in [2.45, 2.75) is 33.4 Å². The van der Waals surface area contributed by atoms with Gasteiger partial charge in [-0.25, -0.2) is 4.98 Å². The number of aryl methyl sites for hydroxylation is 2. The zero-order chi connectivity index (χ0) is 14.8. The maximum Gasteiger partial charge on any atom is 0.157 e. The lowest BCUT2D eigenvalue weighted by atomic mass is 10.3. The highest BCUT2D eigenvalue weighted by molar-refractivity contribution is 5.50. The molecule has 0 fully saturated rings. The molecule has 21 heavy (non-hydrogen) atoms. The SMILES string of the molecule is CCc1cc(N(C)Cc2cnn(CC)c2)n2nccc2n1.